The van der Waals surface area contributed by atoms with Crippen LogP contribution in [-0.4, -0.2) is 29.6 Å². The van der Waals surface area contributed by atoms with Crippen molar-refractivity contribution in [3.63, 3.8) is 0 Å². The molecule has 0 aliphatic heterocycles. The third-order valence-electron chi connectivity index (χ3n) is 3.23. The molecular formula is C14H25F2NO2. The fraction of sp³-hybridized carbons (Fsp3) is 0.929. The van der Waals surface area contributed by atoms with Crippen molar-refractivity contribution < 1.29 is 18.3 Å². The highest BCUT2D eigenvalue weighted by molar-refractivity contribution is 5.83. The molecule has 1 atom stereocenters. The number of hydrogen-bond acceptors (Lipinski definition) is 2. The summed E-state index contributed by atoms with van der Waals surface area (Å²) in [5.41, 5.74) is -1.06. The maximum absolute atomic E-state index is 13.1. The Morgan fingerprint density at radius 1 is 1.16 bits per heavy atom. The Morgan fingerprint density at radius 2 is 1.63 bits per heavy atom. The summed E-state index contributed by atoms with van der Waals surface area (Å²) in [6, 6.07) is -0.487. The molecule has 1 N–H and O–H groups in total. The molecule has 1 aliphatic rings. The van der Waals surface area contributed by atoms with Gasteiger partial charge in [-0.3, -0.25) is 4.79 Å². The third kappa shape index (κ3) is 4.71. The molecule has 0 bridgehead atoms. The third-order valence-corrected chi connectivity index (χ3v) is 3.23. The summed E-state index contributed by atoms with van der Waals surface area (Å²) in [7, 11) is 0. The van der Waals surface area contributed by atoms with Gasteiger partial charge in [0.05, 0.1) is 17.7 Å². The Hall–Kier alpha value is -0.710. The zero-order valence-electron chi connectivity index (χ0n) is 12.6. The molecule has 0 radical (unpaired) electrons. The molecule has 1 rings (SSSR count). The fourth-order valence-electron chi connectivity index (χ4n) is 2.37. The second-order valence-corrected chi connectivity index (χ2v) is 7.08. The van der Waals surface area contributed by atoms with Gasteiger partial charge in [-0.15, -0.1) is 0 Å². The first-order valence-electron chi connectivity index (χ1n) is 6.70. The first kappa shape index (κ1) is 16.3. The predicted molar refractivity (Wildman–Crippen MR) is 70.2 cm³/mol. The highest BCUT2D eigenvalue weighted by atomic mass is 19.3. The van der Waals surface area contributed by atoms with E-state index in [-0.39, 0.29) is 11.5 Å². The Bertz CT molecular complexity index is 338. The van der Waals surface area contributed by atoms with Crippen molar-refractivity contribution in [2.75, 3.05) is 0 Å². The number of amides is 1. The zero-order valence-corrected chi connectivity index (χ0v) is 12.6. The van der Waals surface area contributed by atoms with Gasteiger partial charge in [0.2, 0.25) is 0 Å². The number of ether oxygens (including phenoxy) is 1. The number of rotatable bonds is 5. The second kappa shape index (κ2) is 5.00. The van der Waals surface area contributed by atoms with E-state index in [9.17, 15) is 13.6 Å². The molecule has 3 nitrogen and oxygen atoms in total. The van der Waals surface area contributed by atoms with Gasteiger partial charge in [0.15, 0.2) is 0 Å². The average Bonchev–Trinajstić information content (AvgIpc) is 2.92. The van der Waals surface area contributed by atoms with Gasteiger partial charge in [-0.05, 0) is 32.1 Å². The summed E-state index contributed by atoms with van der Waals surface area (Å²) < 4.78 is 32.0. The lowest BCUT2D eigenvalue weighted by atomic mass is 9.77. The SMILES string of the molecule is CC(F)(F)C(=O)NC(C(C)(C)C)C(C)(C)OC1CC1. The van der Waals surface area contributed by atoms with Crippen molar-refractivity contribution in [2.45, 2.75) is 78.1 Å². The van der Waals surface area contributed by atoms with E-state index in [1.165, 1.54) is 0 Å². The summed E-state index contributed by atoms with van der Waals surface area (Å²) in [5, 5.41) is 2.46. The van der Waals surface area contributed by atoms with Crippen LogP contribution in [0.1, 0.15) is 54.4 Å². The van der Waals surface area contributed by atoms with Gasteiger partial charge in [0.1, 0.15) is 0 Å². The smallest absolute Gasteiger partial charge is 0.321 e. The monoisotopic (exact) mass is 277 g/mol. The van der Waals surface area contributed by atoms with E-state index < -0.39 is 23.5 Å². The summed E-state index contributed by atoms with van der Waals surface area (Å²) in [4.78, 5) is 11.6. The number of alkyl halides is 2. The molecule has 1 amide bonds. The lowest BCUT2D eigenvalue weighted by Crippen LogP contribution is -2.59. The van der Waals surface area contributed by atoms with E-state index in [1.54, 1.807) is 0 Å². The molecule has 19 heavy (non-hydrogen) atoms. The van der Waals surface area contributed by atoms with Gasteiger partial charge in [-0.1, -0.05) is 20.8 Å². The van der Waals surface area contributed by atoms with Crippen molar-refractivity contribution in [2.24, 2.45) is 5.41 Å². The maximum Gasteiger partial charge on any atom is 0.321 e. The van der Waals surface area contributed by atoms with Gasteiger partial charge >= 0.3 is 5.92 Å². The van der Waals surface area contributed by atoms with Crippen LogP contribution in [0, 0.1) is 5.41 Å². The van der Waals surface area contributed by atoms with E-state index in [2.05, 4.69) is 5.32 Å². The Balaban J connectivity index is 2.85. The highest BCUT2D eigenvalue weighted by Crippen LogP contribution is 2.36. The van der Waals surface area contributed by atoms with Crippen molar-refractivity contribution in [3.05, 3.63) is 0 Å². The van der Waals surface area contributed by atoms with E-state index in [4.69, 9.17) is 4.74 Å². The first-order valence-corrected chi connectivity index (χ1v) is 6.70. The van der Waals surface area contributed by atoms with Crippen LogP contribution in [0.25, 0.3) is 0 Å². The molecular weight excluding hydrogens is 252 g/mol. The van der Waals surface area contributed by atoms with Crippen molar-refractivity contribution in [3.8, 4) is 0 Å². The van der Waals surface area contributed by atoms with Crippen LogP contribution in [0.15, 0.2) is 0 Å². The minimum absolute atomic E-state index is 0.193. The minimum atomic E-state index is -3.38. The van der Waals surface area contributed by atoms with Crippen LogP contribution >= 0.6 is 0 Å². The number of halogens is 2. The first-order chi connectivity index (χ1) is 8.34. The normalized spacial score (nSPS) is 19.2. The topological polar surface area (TPSA) is 38.3 Å². The van der Waals surface area contributed by atoms with Gasteiger partial charge in [-0.2, -0.15) is 8.78 Å². The van der Waals surface area contributed by atoms with Gasteiger partial charge in [0, 0.05) is 6.92 Å². The van der Waals surface area contributed by atoms with Crippen molar-refractivity contribution in [1.82, 2.24) is 5.32 Å². The van der Waals surface area contributed by atoms with E-state index in [1.807, 2.05) is 34.6 Å². The summed E-state index contributed by atoms with van der Waals surface area (Å²) in [5.74, 6) is -4.63. The summed E-state index contributed by atoms with van der Waals surface area (Å²) >= 11 is 0. The number of nitrogens with one attached hydrogen (secondary N) is 1. The summed E-state index contributed by atoms with van der Waals surface area (Å²) in [6.45, 7) is 10.0. The Kier molecular flexibility index (Phi) is 4.30. The molecule has 112 valence electrons. The van der Waals surface area contributed by atoms with Crippen LogP contribution in [-0.2, 0) is 9.53 Å². The number of hydrogen-bond donors (Lipinski definition) is 1. The fourth-order valence-corrected chi connectivity index (χ4v) is 2.37. The lowest BCUT2D eigenvalue weighted by Gasteiger charge is -2.43. The molecule has 1 saturated carbocycles. The number of carbonyl (C=O) groups excluding carboxylic acids is 1. The predicted octanol–water partition coefficient (Wildman–Crippen LogP) is 3.13. The molecule has 0 aromatic heterocycles. The maximum atomic E-state index is 13.1. The van der Waals surface area contributed by atoms with E-state index in [0.717, 1.165) is 12.8 Å². The quantitative estimate of drug-likeness (QED) is 0.838. The molecule has 0 saturated heterocycles. The molecule has 0 aromatic rings. The molecule has 0 aromatic carbocycles. The van der Waals surface area contributed by atoms with Crippen molar-refractivity contribution in [1.29, 1.82) is 0 Å². The minimum Gasteiger partial charge on any atom is -0.370 e. The molecule has 0 heterocycles. The average molecular weight is 277 g/mol. The molecule has 1 unspecified atom stereocenters. The number of carbonyl (C=O) groups is 1. The van der Waals surface area contributed by atoms with Gasteiger partial charge in [-0.25, -0.2) is 0 Å². The summed E-state index contributed by atoms with van der Waals surface area (Å²) in [6.07, 6.45) is 2.19. The van der Waals surface area contributed by atoms with E-state index in [0.29, 0.717) is 6.92 Å². The zero-order chi connectivity index (χ0) is 15.1. The molecule has 5 heteroatoms. The molecule has 0 spiro atoms. The van der Waals surface area contributed by atoms with Gasteiger partial charge < -0.3 is 10.1 Å². The van der Waals surface area contributed by atoms with Crippen LogP contribution in [0.4, 0.5) is 8.78 Å². The van der Waals surface area contributed by atoms with Crippen LogP contribution in [0.3, 0.4) is 0 Å². The Morgan fingerprint density at radius 3 is 1.95 bits per heavy atom. The second-order valence-electron chi connectivity index (χ2n) is 7.08. The largest absolute Gasteiger partial charge is 0.370 e. The van der Waals surface area contributed by atoms with E-state index >= 15 is 0 Å². The molecule has 1 aliphatic carbocycles. The Labute approximate surface area is 114 Å². The van der Waals surface area contributed by atoms with Crippen LogP contribution < -0.4 is 5.32 Å². The van der Waals surface area contributed by atoms with Crippen LogP contribution in [0.2, 0.25) is 0 Å². The lowest BCUT2D eigenvalue weighted by molar-refractivity contribution is -0.150. The van der Waals surface area contributed by atoms with Crippen molar-refractivity contribution >= 4 is 5.91 Å². The van der Waals surface area contributed by atoms with Crippen LogP contribution in [0.5, 0.6) is 0 Å². The van der Waals surface area contributed by atoms with Gasteiger partial charge in [0.25, 0.3) is 5.91 Å². The molecule has 1 fully saturated rings. The highest BCUT2D eigenvalue weighted by Gasteiger charge is 2.45. The standard InChI is InChI=1S/C14H25F2NO2/c1-12(2,3)10(17-11(18)14(6,15)16)13(4,5)19-9-7-8-9/h9-10H,7-8H2,1-6H3,(H,17,18).